The van der Waals surface area contributed by atoms with Crippen LogP contribution in [0, 0.1) is 20.8 Å². The van der Waals surface area contributed by atoms with Crippen LogP contribution >= 0.6 is 11.3 Å². The molecule has 1 N–H and O–H groups in total. The van der Waals surface area contributed by atoms with Crippen LogP contribution in [0.5, 0.6) is 0 Å². The van der Waals surface area contributed by atoms with Crippen molar-refractivity contribution in [1.29, 1.82) is 0 Å². The van der Waals surface area contributed by atoms with Crippen molar-refractivity contribution in [2.24, 2.45) is 0 Å². The van der Waals surface area contributed by atoms with Crippen LogP contribution in [-0.2, 0) is 6.54 Å². The van der Waals surface area contributed by atoms with E-state index in [0.29, 0.717) is 29.5 Å². The molecule has 3 aromatic heterocycles. The van der Waals surface area contributed by atoms with E-state index in [9.17, 15) is 4.79 Å². The minimum absolute atomic E-state index is 0.160. The highest BCUT2D eigenvalue weighted by Gasteiger charge is 2.18. The average molecular weight is 316 g/mol. The van der Waals surface area contributed by atoms with E-state index in [1.54, 1.807) is 24.5 Å². The van der Waals surface area contributed by atoms with Crippen LogP contribution in [0.1, 0.15) is 33.1 Å². The Morgan fingerprint density at radius 2 is 2.14 bits per heavy atom. The molecule has 0 aliphatic rings. The zero-order chi connectivity index (χ0) is 15.7. The van der Waals surface area contributed by atoms with Crippen molar-refractivity contribution in [2.45, 2.75) is 27.3 Å². The predicted molar refractivity (Wildman–Crippen MR) is 83.9 cm³/mol. The van der Waals surface area contributed by atoms with Gasteiger partial charge >= 0.3 is 0 Å². The number of amides is 1. The first-order valence-electron chi connectivity index (χ1n) is 6.89. The van der Waals surface area contributed by atoms with Crippen LogP contribution in [0.2, 0.25) is 0 Å². The van der Waals surface area contributed by atoms with E-state index in [4.69, 9.17) is 8.83 Å². The molecule has 0 fully saturated rings. The van der Waals surface area contributed by atoms with Gasteiger partial charge in [0.1, 0.15) is 17.8 Å². The molecule has 0 aliphatic heterocycles. The number of aryl methyl sites for hydroxylation is 2. The maximum atomic E-state index is 12.3. The third-order valence-electron chi connectivity index (χ3n) is 3.50. The van der Waals surface area contributed by atoms with Gasteiger partial charge in [0.05, 0.1) is 22.7 Å². The number of furan rings is 1. The smallest absolute Gasteiger partial charge is 0.255 e. The first-order chi connectivity index (χ1) is 10.6. The number of rotatable bonds is 4. The van der Waals surface area contributed by atoms with E-state index in [1.807, 2.05) is 31.4 Å². The number of hydrogen-bond donors (Lipinski definition) is 1. The molecule has 6 heteroatoms. The number of carbonyl (C=O) groups excluding carboxylic acids is 1. The first-order valence-corrected chi connectivity index (χ1v) is 7.77. The van der Waals surface area contributed by atoms with E-state index in [2.05, 4.69) is 10.3 Å². The van der Waals surface area contributed by atoms with Crippen molar-refractivity contribution < 1.29 is 13.6 Å². The minimum atomic E-state index is -0.160. The molecule has 0 aliphatic carbocycles. The highest BCUT2D eigenvalue weighted by Crippen LogP contribution is 2.24. The lowest BCUT2D eigenvalue weighted by Gasteiger charge is -2.02. The lowest BCUT2D eigenvalue weighted by Crippen LogP contribution is -2.23. The summed E-state index contributed by atoms with van der Waals surface area (Å²) in [6, 6.07) is 3.89. The molecule has 22 heavy (non-hydrogen) atoms. The summed E-state index contributed by atoms with van der Waals surface area (Å²) in [4.78, 5) is 17.6. The maximum absolute atomic E-state index is 12.3. The van der Waals surface area contributed by atoms with Gasteiger partial charge in [0.2, 0.25) is 5.89 Å². The summed E-state index contributed by atoms with van der Waals surface area (Å²) in [6.45, 7) is 5.84. The van der Waals surface area contributed by atoms with Gasteiger partial charge in [-0.3, -0.25) is 4.79 Å². The molecular formula is C16H16N2O3S. The second-order valence-corrected chi connectivity index (χ2v) is 5.97. The van der Waals surface area contributed by atoms with Crippen LogP contribution in [0.4, 0.5) is 0 Å². The summed E-state index contributed by atoms with van der Waals surface area (Å²) in [5.74, 6) is 1.81. The Bertz CT molecular complexity index is 800. The third kappa shape index (κ3) is 2.69. The molecule has 3 aromatic rings. The Hall–Kier alpha value is -2.34. The van der Waals surface area contributed by atoms with Crippen molar-refractivity contribution >= 4 is 17.2 Å². The lowest BCUT2D eigenvalue weighted by molar-refractivity contribution is 0.0948. The summed E-state index contributed by atoms with van der Waals surface area (Å²) in [5.41, 5.74) is 2.15. The summed E-state index contributed by atoms with van der Waals surface area (Å²) in [6.07, 6.45) is 1.57. The number of nitrogens with one attached hydrogen (secondary N) is 1. The molecule has 0 bridgehead atoms. The molecule has 114 valence electrons. The molecule has 0 saturated heterocycles. The quantitative estimate of drug-likeness (QED) is 0.794. The Morgan fingerprint density at radius 3 is 2.77 bits per heavy atom. The van der Waals surface area contributed by atoms with Crippen LogP contribution < -0.4 is 5.32 Å². The second kappa shape index (κ2) is 5.81. The Labute approximate surface area is 132 Å². The topological polar surface area (TPSA) is 68.3 Å². The third-order valence-corrected chi connectivity index (χ3v) is 4.36. The monoisotopic (exact) mass is 316 g/mol. The van der Waals surface area contributed by atoms with E-state index in [0.717, 1.165) is 16.2 Å². The normalized spacial score (nSPS) is 10.9. The molecule has 3 rings (SSSR count). The van der Waals surface area contributed by atoms with Gasteiger partial charge in [-0.25, -0.2) is 4.98 Å². The minimum Gasteiger partial charge on any atom is -0.466 e. The highest BCUT2D eigenvalue weighted by atomic mass is 32.1. The standard InChI is InChI=1S/C16H16N2O3S/c1-9-10(2)21-11(3)14(9)15(19)17-7-12-8-20-16(18-12)13-5-4-6-22-13/h4-6,8H,7H2,1-3H3,(H,17,19). The van der Waals surface area contributed by atoms with Gasteiger partial charge in [-0.05, 0) is 32.2 Å². The first kappa shape index (κ1) is 14.6. The molecule has 1 amide bonds. The average Bonchev–Trinajstić information content (AvgIpc) is 3.19. The van der Waals surface area contributed by atoms with Crippen molar-refractivity contribution in [1.82, 2.24) is 10.3 Å². The number of carbonyl (C=O) groups is 1. The van der Waals surface area contributed by atoms with Crippen molar-refractivity contribution in [3.8, 4) is 10.8 Å². The summed E-state index contributed by atoms with van der Waals surface area (Å²) < 4.78 is 10.9. The van der Waals surface area contributed by atoms with Gasteiger partial charge in [-0.2, -0.15) is 0 Å². The zero-order valence-corrected chi connectivity index (χ0v) is 13.4. The number of nitrogens with zero attached hydrogens (tertiary/aromatic N) is 1. The SMILES string of the molecule is Cc1oc(C)c(C(=O)NCc2coc(-c3cccs3)n2)c1C. The number of hydrogen-bond acceptors (Lipinski definition) is 5. The van der Waals surface area contributed by atoms with Crippen LogP contribution in [0.3, 0.4) is 0 Å². The molecule has 0 radical (unpaired) electrons. The lowest BCUT2D eigenvalue weighted by atomic mass is 10.1. The summed E-state index contributed by atoms with van der Waals surface area (Å²) >= 11 is 1.56. The fraction of sp³-hybridized carbons (Fsp3) is 0.250. The van der Waals surface area contributed by atoms with Gasteiger partial charge in [-0.1, -0.05) is 6.07 Å². The van der Waals surface area contributed by atoms with Gasteiger partial charge in [0, 0.05) is 5.56 Å². The molecule has 0 unspecified atom stereocenters. The van der Waals surface area contributed by atoms with Crippen LogP contribution in [-0.4, -0.2) is 10.9 Å². The number of aromatic nitrogens is 1. The largest absolute Gasteiger partial charge is 0.466 e. The number of oxazole rings is 1. The molecular weight excluding hydrogens is 300 g/mol. The Balaban J connectivity index is 1.69. The Kier molecular flexibility index (Phi) is 3.85. The molecule has 0 spiro atoms. The van der Waals surface area contributed by atoms with Crippen LogP contribution in [0.25, 0.3) is 10.8 Å². The van der Waals surface area contributed by atoms with E-state index < -0.39 is 0 Å². The van der Waals surface area contributed by atoms with Crippen molar-refractivity contribution in [3.05, 3.63) is 52.1 Å². The Morgan fingerprint density at radius 1 is 1.32 bits per heavy atom. The van der Waals surface area contributed by atoms with Crippen LogP contribution in [0.15, 0.2) is 32.6 Å². The van der Waals surface area contributed by atoms with E-state index >= 15 is 0 Å². The fourth-order valence-corrected chi connectivity index (χ4v) is 2.94. The van der Waals surface area contributed by atoms with Gasteiger partial charge in [0.15, 0.2) is 0 Å². The van der Waals surface area contributed by atoms with E-state index in [-0.39, 0.29) is 5.91 Å². The predicted octanol–water partition coefficient (Wildman–Crippen LogP) is 3.85. The van der Waals surface area contributed by atoms with Crippen molar-refractivity contribution in [2.75, 3.05) is 0 Å². The van der Waals surface area contributed by atoms with Gasteiger partial charge in [0.25, 0.3) is 5.91 Å². The molecule has 3 heterocycles. The van der Waals surface area contributed by atoms with Gasteiger partial charge < -0.3 is 14.2 Å². The van der Waals surface area contributed by atoms with Crippen molar-refractivity contribution in [3.63, 3.8) is 0 Å². The fourth-order valence-electron chi connectivity index (χ4n) is 2.29. The van der Waals surface area contributed by atoms with E-state index in [1.165, 1.54) is 0 Å². The molecule has 0 atom stereocenters. The summed E-state index contributed by atoms with van der Waals surface area (Å²) in [5, 5.41) is 4.82. The number of thiophene rings is 1. The second-order valence-electron chi connectivity index (χ2n) is 5.02. The van der Waals surface area contributed by atoms with Gasteiger partial charge in [-0.15, -0.1) is 11.3 Å². The highest BCUT2D eigenvalue weighted by molar-refractivity contribution is 7.13. The summed E-state index contributed by atoms with van der Waals surface area (Å²) in [7, 11) is 0. The molecule has 0 aromatic carbocycles. The molecule has 5 nitrogen and oxygen atoms in total. The zero-order valence-electron chi connectivity index (χ0n) is 12.6. The molecule has 0 saturated carbocycles. The maximum Gasteiger partial charge on any atom is 0.255 e.